The highest BCUT2D eigenvalue weighted by Crippen LogP contribution is 2.17. The molecule has 1 N–H and O–H groups in total. The second kappa shape index (κ2) is 6.64. The van der Waals surface area contributed by atoms with Crippen molar-refractivity contribution < 1.29 is 9.50 Å². The van der Waals surface area contributed by atoms with E-state index in [1.54, 1.807) is 24.5 Å². The van der Waals surface area contributed by atoms with Gasteiger partial charge in [0.1, 0.15) is 5.82 Å². The third-order valence-corrected chi connectivity index (χ3v) is 3.22. The van der Waals surface area contributed by atoms with Crippen molar-refractivity contribution in [2.75, 3.05) is 0 Å². The molecule has 2 nitrogen and oxygen atoms in total. The molecule has 0 radical (unpaired) electrons. The summed E-state index contributed by atoms with van der Waals surface area (Å²) in [5.41, 5.74) is 1.61. The Morgan fingerprint density at radius 2 is 1.95 bits per heavy atom. The van der Waals surface area contributed by atoms with Crippen LogP contribution in [0.5, 0.6) is 0 Å². The van der Waals surface area contributed by atoms with Crippen LogP contribution in [0.1, 0.15) is 17.5 Å². The molecule has 1 aromatic carbocycles. The summed E-state index contributed by atoms with van der Waals surface area (Å²) in [6.45, 7) is 0. The van der Waals surface area contributed by atoms with Crippen LogP contribution in [-0.4, -0.2) is 16.2 Å². The minimum absolute atomic E-state index is 0.300. The molecular weight excluding hydrogens is 265 g/mol. The summed E-state index contributed by atoms with van der Waals surface area (Å²) in [7, 11) is 0. The van der Waals surface area contributed by atoms with Crippen molar-refractivity contribution in [1.82, 2.24) is 4.98 Å². The first kappa shape index (κ1) is 14.0. The summed E-state index contributed by atoms with van der Waals surface area (Å²) >= 11 is 5.69. The fraction of sp³-hybridized carbons (Fsp3) is 0.267. The molecule has 0 saturated heterocycles. The molecule has 1 unspecified atom stereocenters. The van der Waals surface area contributed by atoms with Gasteiger partial charge in [-0.2, -0.15) is 0 Å². The highest BCUT2D eigenvalue weighted by atomic mass is 35.5. The van der Waals surface area contributed by atoms with Crippen LogP contribution in [0.4, 0.5) is 4.39 Å². The first-order valence-electron chi connectivity index (χ1n) is 6.16. The van der Waals surface area contributed by atoms with Crippen molar-refractivity contribution >= 4 is 11.6 Å². The standard InChI is InChI=1S/C15H15ClFNO/c16-13-3-2-12(15(17)10-13)9-14(19)4-1-11-5-7-18-8-6-11/h2-3,5-8,10,14,19H,1,4,9H2. The third-order valence-electron chi connectivity index (χ3n) is 2.99. The molecular formula is C15H15ClFNO. The lowest BCUT2D eigenvalue weighted by molar-refractivity contribution is 0.164. The van der Waals surface area contributed by atoms with Crippen LogP contribution in [0.3, 0.4) is 0 Å². The second-order valence-electron chi connectivity index (χ2n) is 4.49. The number of nitrogens with zero attached hydrogens (tertiary/aromatic N) is 1. The Hall–Kier alpha value is -1.45. The number of benzene rings is 1. The van der Waals surface area contributed by atoms with Crippen molar-refractivity contribution in [3.63, 3.8) is 0 Å². The lowest BCUT2D eigenvalue weighted by Gasteiger charge is -2.11. The number of hydrogen-bond acceptors (Lipinski definition) is 2. The Labute approximate surface area is 116 Å². The summed E-state index contributed by atoms with van der Waals surface area (Å²) in [6.07, 6.45) is 4.52. The number of aryl methyl sites for hydroxylation is 1. The molecule has 0 aliphatic rings. The van der Waals surface area contributed by atoms with E-state index in [4.69, 9.17) is 11.6 Å². The van der Waals surface area contributed by atoms with E-state index in [1.807, 2.05) is 12.1 Å². The van der Waals surface area contributed by atoms with Crippen molar-refractivity contribution in [2.45, 2.75) is 25.4 Å². The molecule has 19 heavy (non-hydrogen) atoms. The number of pyridine rings is 1. The quantitative estimate of drug-likeness (QED) is 0.910. The summed E-state index contributed by atoms with van der Waals surface area (Å²) < 4.78 is 13.6. The largest absolute Gasteiger partial charge is 0.393 e. The Morgan fingerprint density at radius 3 is 2.63 bits per heavy atom. The van der Waals surface area contributed by atoms with Gasteiger partial charge in [0.2, 0.25) is 0 Å². The van der Waals surface area contributed by atoms with Gasteiger partial charge in [0.15, 0.2) is 0 Å². The first-order valence-corrected chi connectivity index (χ1v) is 6.54. The lowest BCUT2D eigenvalue weighted by atomic mass is 10.0. The van der Waals surface area contributed by atoms with Crippen LogP contribution in [0.15, 0.2) is 42.7 Å². The average molecular weight is 280 g/mol. The van der Waals surface area contributed by atoms with E-state index in [-0.39, 0.29) is 5.82 Å². The molecule has 1 atom stereocenters. The summed E-state index contributed by atoms with van der Waals surface area (Å²) in [5.74, 6) is -0.365. The van der Waals surface area contributed by atoms with E-state index >= 15 is 0 Å². The zero-order valence-electron chi connectivity index (χ0n) is 10.4. The number of rotatable bonds is 5. The van der Waals surface area contributed by atoms with E-state index < -0.39 is 6.10 Å². The molecule has 2 aromatic rings. The van der Waals surface area contributed by atoms with Gasteiger partial charge >= 0.3 is 0 Å². The number of halogens is 2. The molecule has 0 bridgehead atoms. The Bertz CT molecular complexity index is 533. The molecule has 1 aromatic heterocycles. The van der Waals surface area contributed by atoms with Gasteiger partial charge in [-0.15, -0.1) is 0 Å². The normalized spacial score (nSPS) is 12.4. The van der Waals surface area contributed by atoms with E-state index in [9.17, 15) is 9.50 Å². The Morgan fingerprint density at radius 1 is 1.21 bits per heavy atom. The van der Waals surface area contributed by atoms with E-state index in [1.165, 1.54) is 6.07 Å². The maximum Gasteiger partial charge on any atom is 0.127 e. The molecule has 0 saturated carbocycles. The second-order valence-corrected chi connectivity index (χ2v) is 4.92. The zero-order chi connectivity index (χ0) is 13.7. The maximum absolute atomic E-state index is 13.6. The Balaban J connectivity index is 1.89. The number of aromatic nitrogens is 1. The van der Waals surface area contributed by atoms with Crippen molar-refractivity contribution in [3.05, 3.63) is 64.7 Å². The van der Waals surface area contributed by atoms with Crippen LogP contribution in [0, 0.1) is 5.82 Å². The zero-order valence-corrected chi connectivity index (χ0v) is 11.1. The average Bonchev–Trinajstić information content (AvgIpc) is 2.41. The molecule has 0 aliphatic carbocycles. The van der Waals surface area contributed by atoms with E-state index in [0.717, 1.165) is 12.0 Å². The first-order chi connectivity index (χ1) is 9.15. The van der Waals surface area contributed by atoms with Crippen molar-refractivity contribution in [1.29, 1.82) is 0 Å². The van der Waals surface area contributed by atoms with Gasteiger partial charge < -0.3 is 5.11 Å². The highest BCUT2D eigenvalue weighted by Gasteiger charge is 2.10. The van der Waals surface area contributed by atoms with Crippen LogP contribution in [0.2, 0.25) is 5.02 Å². The third kappa shape index (κ3) is 4.30. The summed E-state index contributed by atoms with van der Waals surface area (Å²) in [5, 5.41) is 10.3. The Kier molecular flexibility index (Phi) is 4.88. The van der Waals surface area contributed by atoms with Gasteiger partial charge in [0.05, 0.1) is 6.10 Å². The van der Waals surface area contributed by atoms with Gasteiger partial charge in [0.25, 0.3) is 0 Å². The number of hydrogen-bond donors (Lipinski definition) is 1. The van der Waals surface area contributed by atoms with Crippen LogP contribution < -0.4 is 0 Å². The molecule has 1 heterocycles. The smallest absolute Gasteiger partial charge is 0.127 e. The van der Waals surface area contributed by atoms with Crippen LogP contribution in [0.25, 0.3) is 0 Å². The number of aliphatic hydroxyl groups excluding tert-OH is 1. The van der Waals surface area contributed by atoms with Crippen LogP contribution >= 0.6 is 11.6 Å². The predicted octanol–water partition coefficient (Wildman–Crippen LogP) is 3.41. The number of aliphatic hydroxyl groups is 1. The highest BCUT2D eigenvalue weighted by molar-refractivity contribution is 6.30. The van der Waals surface area contributed by atoms with Gasteiger partial charge in [-0.3, -0.25) is 4.98 Å². The molecule has 0 fully saturated rings. The SMILES string of the molecule is OC(CCc1ccncc1)Cc1ccc(Cl)cc1F. The fourth-order valence-corrected chi connectivity index (χ4v) is 2.08. The van der Waals surface area contributed by atoms with Crippen molar-refractivity contribution in [2.24, 2.45) is 0 Å². The fourth-order valence-electron chi connectivity index (χ4n) is 1.93. The van der Waals surface area contributed by atoms with Gasteiger partial charge in [-0.05, 0) is 48.2 Å². The van der Waals surface area contributed by atoms with Crippen molar-refractivity contribution in [3.8, 4) is 0 Å². The summed E-state index contributed by atoms with van der Waals surface area (Å²) in [6, 6.07) is 8.35. The van der Waals surface area contributed by atoms with Gasteiger partial charge in [0, 0.05) is 23.8 Å². The topological polar surface area (TPSA) is 33.1 Å². The van der Waals surface area contributed by atoms with E-state index in [0.29, 0.717) is 23.4 Å². The maximum atomic E-state index is 13.6. The van der Waals surface area contributed by atoms with Crippen LogP contribution in [-0.2, 0) is 12.8 Å². The predicted molar refractivity (Wildman–Crippen MR) is 73.7 cm³/mol. The molecule has 0 spiro atoms. The molecule has 2 rings (SSSR count). The molecule has 100 valence electrons. The minimum Gasteiger partial charge on any atom is -0.393 e. The minimum atomic E-state index is -0.566. The molecule has 4 heteroatoms. The van der Waals surface area contributed by atoms with Gasteiger partial charge in [-0.25, -0.2) is 4.39 Å². The van der Waals surface area contributed by atoms with Gasteiger partial charge in [-0.1, -0.05) is 17.7 Å². The molecule has 0 aliphatic heterocycles. The molecule has 0 amide bonds. The monoisotopic (exact) mass is 279 g/mol. The lowest BCUT2D eigenvalue weighted by Crippen LogP contribution is -2.12. The van der Waals surface area contributed by atoms with E-state index in [2.05, 4.69) is 4.98 Å². The summed E-state index contributed by atoms with van der Waals surface area (Å²) in [4.78, 5) is 3.94.